The van der Waals surface area contributed by atoms with Gasteiger partial charge in [-0.1, -0.05) is 13.8 Å². The van der Waals surface area contributed by atoms with E-state index in [1.807, 2.05) is 0 Å². The Morgan fingerprint density at radius 1 is 1.08 bits per heavy atom. The fourth-order valence-corrected chi connectivity index (χ4v) is 1.82. The van der Waals surface area contributed by atoms with Gasteiger partial charge in [-0.2, -0.15) is 0 Å². The van der Waals surface area contributed by atoms with Gasteiger partial charge >= 0.3 is 0 Å². The minimum atomic E-state index is -0.185. The lowest BCUT2D eigenvalue weighted by atomic mass is 10.0. The standard InChI is InChI=1S/C10H25N3/c1-7-12(5)9(10(3,4)11)13(6)8-2/h9H,7-8,11H2,1-6H3. The molecule has 0 aromatic rings. The van der Waals surface area contributed by atoms with Crippen LogP contribution in [-0.4, -0.2) is 48.7 Å². The van der Waals surface area contributed by atoms with Crippen LogP contribution in [0.25, 0.3) is 0 Å². The Hall–Kier alpha value is -0.120. The maximum atomic E-state index is 6.15. The third-order valence-electron chi connectivity index (χ3n) is 2.50. The summed E-state index contributed by atoms with van der Waals surface area (Å²) in [6.07, 6.45) is 0.308. The molecular formula is C10H25N3. The van der Waals surface area contributed by atoms with E-state index in [2.05, 4.69) is 51.6 Å². The van der Waals surface area contributed by atoms with Gasteiger partial charge in [0.15, 0.2) is 0 Å². The molecule has 0 rings (SSSR count). The minimum absolute atomic E-state index is 0.185. The third-order valence-corrected chi connectivity index (χ3v) is 2.50. The molecule has 0 unspecified atom stereocenters. The Kier molecular flexibility index (Phi) is 4.89. The zero-order chi connectivity index (χ0) is 10.6. The van der Waals surface area contributed by atoms with Crippen LogP contribution in [0.4, 0.5) is 0 Å². The normalized spacial score (nSPS) is 13.4. The second-order valence-corrected chi connectivity index (χ2v) is 4.34. The maximum Gasteiger partial charge on any atom is 0.0797 e. The second-order valence-electron chi connectivity index (χ2n) is 4.34. The molecule has 2 N–H and O–H groups in total. The molecule has 0 aliphatic heterocycles. The molecular weight excluding hydrogens is 162 g/mol. The van der Waals surface area contributed by atoms with Gasteiger partial charge in [0.2, 0.25) is 0 Å². The van der Waals surface area contributed by atoms with Crippen LogP contribution < -0.4 is 5.73 Å². The maximum absolute atomic E-state index is 6.15. The predicted octanol–water partition coefficient (Wildman–Crippen LogP) is 0.953. The van der Waals surface area contributed by atoms with Gasteiger partial charge in [0.25, 0.3) is 0 Å². The van der Waals surface area contributed by atoms with E-state index < -0.39 is 0 Å². The van der Waals surface area contributed by atoms with E-state index in [0.717, 1.165) is 13.1 Å². The fourth-order valence-electron chi connectivity index (χ4n) is 1.82. The van der Waals surface area contributed by atoms with Crippen molar-refractivity contribution in [3.8, 4) is 0 Å². The average Bonchev–Trinajstić information content (AvgIpc) is 2.01. The summed E-state index contributed by atoms with van der Waals surface area (Å²) in [5.41, 5.74) is 5.96. The van der Waals surface area contributed by atoms with E-state index in [0.29, 0.717) is 6.17 Å². The van der Waals surface area contributed by atoms with Crippen molar-refractivity contribution in [3.05, 3.63) is 0 Å². The zero-order valence-corrected chi connectivity index (χ0v) is 9.96. The van der Waals surface area contributed by atoms with Crippen molar-refractivity contribution in [1.82, 2.24) is 9.80 Å². The van der Waals surface area contributed by atoms with E-state index in [1.54, 1.807) is 0 Å². The first-order valence-electron chi connectivity index (χ1n) is 5.03. The molecule has 0 heterocycles. The first kappa shape index (κ1) is 12.9. The summed E-state index contributed by atoms with van der Waals surface area (Å²) in [7, 11) is 4.23. The van der Waals surface area contributed by atoms with Gasteiger partial charge in [0.1, 0.15) is 0 Å². The molecule has 0 bridgehead atoms. The van der Waals surface area contributed by atoms with Gasteiger partial charge in [-0.3, -0.25) is 9.80 Å². The van der Waals surface area contributed by atoms with E-state index in [9.17, 15) is 0 Å². The molecule has 0 saturated carbocycles. The molecule has 0 spiro atoms. The summed E-state index contributed by atoms with van der Waals surface area (Å²) in [4.78, 5) is 4.56. The molecule has 13 heavy (non-hydrogen) atoms. The largest absolute Gasteiger partial charge is 0.323 e. The fraction of sp³-hybridized carbons (Fsp3) is 1.00. The van der Waals surface area contributed by atoms with Crippen LogP contribution in [0.3, 0.4) is 0 Å². The molecule has 0 aliphatic carbocycles. The van der Waals surface area contributed by atoms with Gasteiger partial charge in [-0.25, -0.2) is 0 Å². The van der Waals surface area contributed by atoms with Crippen LogP contribution in [0.5, 0.6) is 0 Å². The van der Waals surface area contributed by atoms with Crippen molar-refractivity contribution in [2.75, 3.05) is 27.2 Å². The van der Waals surface area contributed by atoms with Gasteiger partial charge in [-0.05, 0) is 41.0 Å². The minimum Gasteiger partial charge on any atom is -0.323 e. The van der Waals surface area contributed by atoms with Crippen molar-refractivity contribution >= 4 is 0 Å². The molecule has 3 heteroatoms. The molecule has 0 aromatic carbocycles. The number of likely N-dealkylation sites (N-methyl/N-ethyl adjacent to an activating group) is 2. The van der Waals surface area contributed by atoms with Crippen molar-refractivity contribution in [3.63, 3.8) is 0 Å². The van der Waals surface area contributed by atoms with E-state index in [1.165, 1.54) is 0 Å². The predicted molar refractivity (Wildman–Crippen MR) is 58.7 cm³/mol. The Morgan fingerprint density at radius 3 is 1.54 bits per heavy atom. The molecule has 80 valence electrons. The smallest absolute Gasteiger partial charge is 0.0797 e. The van der Waals surface area contributed by atoms with Crippen LogP contribution in [0.1, 0.15) is 27.7 Å². The number of nitrogens with two attached hydrogens (primary N) is 1. The lowest BCUT2D eigenvalue weighted by molar-refractivity contribution is 0.0380. The highest BCUT2D eigenvalue weighted by Crippen LogP contribution is 2.14. The Labute approximate surface area is 82.9 Å². The molecule has 0 amide bonds. The first-order valence-corrected chi connectivity index (χ1v) is 5.03. The first-order chi connectivity index (χ1) is 5.84. The van der Waals surface area contributed by atoms with E-state index in [-0.39, 0.29) is 5.54 Å². The summed E-state index contributed by atoms with van der Waals surface area (Å²) in [5, 5.41) is 0. The molecule has 0 saturated heterocycles. The lowest BCUT2D eigenvalue weighted by Gasteiger charge is -2.42. The summed E-state index contributed by atoms with van der Waals surface area (Å²) in [5.74, 6) is 0. The molecule has 0 atom stereocenters. The Bertz CT molecular complexity index is 130. The molecule has 3 nitrogen and oxygen atoms in total. The summed E-state index contributed by atoms with van der Waals surface area (Å²) in [6.45, 7) is 10.5. The topological polar surface area (TPSA) is 32.5 Å². The summed E-state index contributed by atoms with van der Waals surface area (Å²) < 4.78 is 0. The Balaban J connectivity index is 4.55. The highest BCUT2D eigenvalue weighted by Gasteiger charge is 2.30. The summed E-state index contributed by atoms with van der Waals surface area (Å²) in [6, 6.07) is 0. The van der Waals surface area contributed by atoms with E-state index >= 15 is 0 Å². The van der Waals surface area contributed by atoms with Crippen molar-refractivity contribution < 1.29 is 0 Å². The van der Waals surface area contributed by atoms with Gasteiger partial charge in [0.05, 0.1) is 6.17 Å². The number of hydrogen-bond donors (Lipinski definition) is 1. The lowest BCUT2D eigenvalue weighted by Crippen LogP contribution is -2.61. The second kappa shape index (κ2) is 4.94. The van der Waals surface area contributed by atoms with E-state index in [4.69, 9.17) is 5.73 Å². The SMILES string of the molecule is CCN(C)C(N(C)CC)C(C)(C)N. The average molecular weight is 187 g/mol. The quantitative estimate of drug-likeness (QED) is 0.651. The number of nitrogens with zero attached hydrogens (tertiary/aromatic N) is 2. The van der Waals surface area contributed by atoms with Crippen LogP contribution >= 0.6 is 0 Å². The third kappa shape index (κ3) is 3.63. The van der Waals surface area contributed by atoms with Gasteiger partial charge in [0, 0.05) is 5.54 Å². The zero-order valence-electron chi connectivity index (χ0n) is 9.96. The Morgan fingerprint density at radius 2 is 1.38 bits per heavy atom. The van der Waals surface area contributed by atoms with Crippen molar-refractivity contribution in [2.24, 2.45) is 5.73 Å². The molecule has 0 fully saturated rings. The molecule has 0 aromatic heterocycles. The molecule has 0 aliphatic rings. The molecule has 0 radical (unpaired) electrons. The van der Waals surface area contributed by atoms with Crippen LogP contribution in [0.15, 0.2) is 0 Å². The van der Waals surface area contributed by atoms with Crippen LogP contribution in [0.2, 0.25) is 0 Å². The van der Waals surface area contributed by atoms with Crippen LogP contribution in [0, 0.1) is 0 Å². The number of rotatable bonds is 5. The van der Waals surface area contributed by atoms with Crippen molar-refractivity contribution in [2.45, 2.75) is 39.4 Å². The van der Waals surface area contributed by atoms with Gasteiger partial charge in [-0.15, -0.1) is 0 Å². The highest BCUT2D eigenvalue weighted by molar-refractivity contribution is 4.87. The van der Waals surface area contributed by atoms with Gasteiger partial charge < -0.3 is 5.73 Å². The number of hydrogen-bond acceptors (Lipinski definition) is 3. The van der Waals surface area contributed by atoms with Crippen molar-refractivity contribution in [1.29, 1.82) is 0 Å². The monoisotopic (exact) mass is 187 g/mol. The summed E-state index contributed by atoms with van der Waals surface area (Å²) >= 11 is 0. The highest BCUT2D eigenvalue weighted by atomic mass is 15.3. The van der Waals surface area contributed by atoms with Crippen LogP contribution in [-0.2, 0) is 0 Å².